The first-order valence-electron chi connectivity index (χ1n) is 11.5. The highest BCUT2D eigenvalue weighted by Gasteiger charge is 2.43. The number of fused-ring (bicyclic) bond motifs is 1. The Kier molecular flexibility index (Phi) is 7.33. The van der Waals surface area contributed by atoms with Crippen LogP contribution in [0.25, 0.3) is 0 Å². The molecule has 3 aliphatic rings. The van der Waals surface area contributed by atoms with Crippen LogP contribution in [0.3, 0.4) is 0 Å². The third-order valence-corrected chi connectivity index (χ3v) is 7.06. The molecule has 8 nitrogen and oxygen atoms in total. The second-order valence-electron chi connectivity index (χ2n) is 8.57. The summed E-state index contributed by atoms with van der Waals surface area (Å²) in [5.74, 6) is 0.247. The molecular weight excluding hydrogens is 454 g/mol. The number of hydrogen-bond donors (Lipinski definition) is 0. The number of para-hydroxylation sites is 1. The topological polar surface area (TPSA) is 80.7 Å². The van der Waals surface area contributed by atoms with E-state index in [4.69, 9.17) is 19.2 Å². The Morgan fingerprint density at radius 1 is 1.18 bits per heavy atom. The summed E-state index contributed by atoms with van der Waals surface area (Å²) in [4.78, 5) is 35.0. The summed E-state index contributed by atoms with van der Waals surface area (Å²) in [5, 5.41) is 2.70. The number of ether oxygens (including phenoxy) is 3. The number of morpholine rings is 1. The second kappa shape index (κ2) is 10.2. The Bertz CT molecular complexity index is 1060. The SMILES string of the molecule is CCC1=C(C(=O)OC)C(c2ccccc2OC)N2C(CC(=O)N3CC(C)OC(C)C3)=CSC2=N1. The summed E-state index contributed by atoms with van der Waals surface area (Å²) in [6.07, 6.45) is 0.766. The van der Waals surface area contributed by atoms with Gasteiger partial charge in [0.15, 0.2) is 5.17 Å². The molecule has 3 aliphatic heterocycles. The number of amides is 1. The molecular formula is C25H31N3O5S. The first-order chi connectivity index (χ1) is 16.4. The highest BCUT2D eigenvalue weighted by molar-refractivity contribution is 8.16. The molecule has 3 atom stereocenters. The summed E-state index contributed by atoms with van der Waals surface area (Å²) in [7, 11) is 2.99. The van der Waals surface area contributed by atoms with E-state index in [1.54, 1.807) is 7.11 Å². The lowest BCUT2D eigenvalue weighted by atomic mass is 9.92. The third kappa shape index (κ3) is 4.59. The smallest absolute Gasteiger partial charge is 0.338 e. The van der Waals surface area contributed by atoms with E-state index in [0.717, 1.165) is 16.4 Å². The van der Waals surface area contributed by atoms with Gasteiger partial charge in [-0.25, -0.2) is 9.79 Å². The normalized spacial score (nSPS) is 24.4. The predicted molar refractivity (Wildman–Crippen MR) is 131 cm³/mol. The zero-order valence-corrected chi connectivity index (χ0v) is 21.1. The van der Waals surface area contributed by atoms with Crippen LogP contribution in [0.5, 0.6) is 5.75 Å². The van der Waals surface area contributed by atoms with E-state index < -0.39 is 12.0 Å². The quantitative estimate of drug-likeness (QED) is 0.566. The van der Waals surface area contributed by atoms with Gasteiger partial charge in [0.25, 0.3) is 0 Å². The molecule has 1 amide bonds. The summed E-state index contributed by atoms with van der Waals surface area (Å²) >= 11 is 1.47. The zero-order chi connectivity index (χ0) is 24.4. The van der Waals surface area contributed by atoms with Gasteiger partial charge in [-0.3, -0.25) is 4.79 Å². The largest absolute Gasteiger partial charge is 0.496 e. The monoisotopic (exact) mass is 485 g/mol. The van der Waals surface area contributed by atoms with Crippen molar-refractivity contribution in [3.63, 3.8) is 0 Å². The number of carbonyl (C=O) groups excluding carboxylic acids is 2. The highest BCUT2D eigenvalue weighted by atomic mass is 32.2. The molecule has 3 heterocycles. The molecule has 1 aromatic rings. The maximum Gasteiger partial charge on any atom is 0.338 e. The van der Waals surface area contributed by atoms with E-state index in [9.17, 15) is 9.59 Å². The summed E-state index contributed by atoms with van der Waals surface area (Å²) < 4.78 is 16.6. The van der Waals surface area contributed by atoms with Crippen molar-refractivity contribution in [1.82, 2.24) is 9.80 Å². The number of rotatable bonds is 6. The molecule has 0 spiro atoms. The number of hydrogen-bond acceptors (Lipinski definition) is 8. The maximum absolute atomic E-state index is 13.3. The Labute approximate surface area is 204 Å². The van der Waals surface area contributed by atoms with Crippen LogP contribution in [0.15, 0.2) is 51.6 Å². The molecule has 4 rings (SSSR count). The summed E-state index contributed by atoms with van der Waals surface area (Å²) in [6, 6.07) is 7.11. The van der Waals surface area contributed by atoms with Crippen molar-refractivity contribution in [3.05, 3.63) is 52.2 Å². The van der Waals surface area contributed by atoms with Gasteiger partial charge in [0.1, 0.15) is 5.75 Å². The minimum atomic E-state index is -0.511. The van der Waals surface area contributed by atoms with Crippen LogP contribution in [-0.2, 0) is 19.1 Å². The molecule has 3 unspecified atom stereocenters. The molecule has 0 aliphatic carbocycles. The highest BCUT2D eigenvalue weighted by Crippen LogP contribution is 2.47. The molecule has 1 aromatic carbocycles. The van der Waals surface area contributed by atoms with Crippen LogP contribution < -0.4 is 4.74 Å². The van der Waals surface area contributed by atoms with Gasteiger partial charge in [-0.2, -0.15) is 0 Å². The molecule has 0 saturated carbocycles. The lowest BCUT2D eigenvalue weighted by molar-refractivity contribution is -0.142. The lowest BCUT2D eigenvalue weighted by Gasteiger charge is -2.38. The van der Waals surface area contributed by atoms with E-state index in [2.05, 4.69) is 0 Å². The van der Waals surface area contributed by atoms with E-state index in [-0.39, 0.29) is 24.5 Å². The van der Waals surface area contributed by atoms with Gasteiger partial charge in [-0.1, -0.05) is 36.9 Å². The van der Waals surface area contributed by atoms with Crippen molar-refractivity contribution in [1.29, 1.82) is 0 Å². The number of benzene rings is 1. The molecule has 182 valence electrons. The van der Waals surface area contributed by atoms with Crippen LogP contribution in [0.4, 0.5) is 0 Å². The van der Waals surface area contributed by atoms with Gasteiger partial charge >= 0.3 is 5.97 Å². The Morgan fingerprint density at radius 3 is 2.53 bits per heavy atom. The van der Waals surface area contributed by atoms with Crippen LogP contribution in [0.1, 0.15) is 45.2 Å². The number of esters is 1. The molecule has 1 fully saturated rings. The zero-order valence-electron chi connectivity index (χ0n) is 20.2. The fourth-order valence-electron chi connectivity index (χ4n) is 4.75. The Balaban J connectivity index is 1.72. The molecule has 0 N–H and O–H groups in total. The molecule has 34 heavy (non-hydrogen) atoms. The van der Waals surface area contributed by atoms with Crippen LogP contribution in [0, 0.1) is 0 Å². The lowest BCUT2D eigenvalue weighted by Crippen LogP contribution is -2.48. The van der Waals surface area contributed by atoms with Crippen molar-refractivity contribution < 1.29 is 23.8 Å². The second-order valence-corrected chi connectivity index (χ2v) is 9.41. The van der Waals surface area contributed by atoms with Gasteiger partial charge < -0.3 is 24.0 Å². The molecule has 0 radical (unpaired) electrons. The number of allylic oxidation sites excluding steroid dienone is 1. The molecule has 9 heteroatoms. The Hall–Kier alpha value is -2.78. The molecule has 0 aromatic heterocycles. The van der Waals surface area contributed by atoms with Gasteiger partial charge in [0.2, 0.25) is 5.91 Å². The Morgan fingerprint density at radius 2 is 1.88 bits per heavy atom. The van der Waals surface area contributed by atoms with E-state index >= 15 is 0 Å². The van der Waals surface area contributed by atoms with Gasteiger partial charge in [0.05, 0.1) is 50.2 Å². The summed E-state index contributed by atoms with van der Waals surface area (Å²) in [5.41, 5.74) is 2.76. The third-order valence-electron chi connectivity index (χ3n) is 6.17. The van der Waals surface area contributed by atoms with E-state index in [1.165, 1.54) is 18.9 Å². The van der Waals surface area contributed by atoms with Crippen molar-refractivity contribution in [2.24, 2.45) is 4.99 Å². The van der Waals surface area contributed by atoms with E-state index in [1.807, 2.05) is 60.2 Å². The number of nitrogens with zero attached hydrogens (tertiary/aromatic N) is 3. The fraction of sp³-hybridized carbons (Fsp3) is 0.480. The number of aliphatic imine (C=N–C) groups is 1. The standard InChI is InChI=1S/C25H31N3O5S/c1-6-19-22(24(30)32-5)23(18-9-7-8-10-20(18)31-4)28-17(14-34-25(28)26-19)11-21(29)27-12-15(2)33-16(3)13-27/h7-10,14-16,23H,6,11-13H2,1-5H3. The first kappa shape index (κ1) is 24.3. The van der Waals surface area contributed by atoms with Gasteiger partial charge in [-0.05, 0) is 31.7 Å². The van der Waals surface area contributed by atoms with Crippen molar-refractivity contribution in [2.45, 2.75) is 51.9 Å². The molecule has 1 saturated heterocycles. The molecule has 0 bridgehead atoms. The van der Waals surface area contributed by atoms with Crippen LogP contribution >= 0.6 is 11.8 Å². The van der Waals surface area contributed by atoms with Crippen LogP contribution in [0.2, 0.25) is 0 Å². The average Bonchev–Trinajstić information content (AvgIpc) is 3.23. The van der Waals surface area contributed by atoms with Gasteiger partial charge in [-0.15, -0.1) is 0 Å². The number of thioether (sulfide) groups is 1. The van der Waals surface area contributed by atoms with Gasteiger partial charge in [0, 0.05) is 24.4 Å². The van der Waals surface area contributed by atoms with Crippen LogP contribution in [-0.4, -0.2) is 66.4 Å². The minimum absolute atomic E-state index is 0.00551. The number of amidine groups is 1. The van der Waals surface area contributed by atoms with Crippen molar-refractivity contribution in [3.8, 4) is 5.75 Å². The predicted octanol–water partition coefficient (Wildman–Crippen LogP) is 3.86. The first-order valence-corrected chi connectivity index (χ1v) is 12.4. The van der Waals surface area contributed by atoms with Crippen molar-refractivity contribution in [2.75, 3.05) is 27.3 Å². The fourth-order valence-corrected chi connectivity index (χ4v) is 5.68. The van der Waals surface area contributed by atoms with E-state index in [0.29, 0.717) is 36.5 Å². The minimum Gasteiger partial charge on any atom is -0.496 e. The average molecular weight is 486 g/mol. The number of methoxy groups -OCH3 is 2. The van der Waals surface area contributed by atoms with Crippen molar-refractivity contribution >= 4 is 28.8 Å². The maximum atomic E-state index is 13.3. The summed E-state index contributed by atoms with van der Waals surface area (Å²) in [6.45, 7) is 7.05. The number of carbonyl (C=O) groups is 2.